The summed E-state index contributed by atoms with van der Waals surface area (Å²) in [6, 6.07) is 15.8. The van der Waals surface area contributed by atoms with Gasteiger partial charge in [-0.3, -0.25) is 14.5 Å². The highest BCUT2D eigenvalue weighted by atomic mass is 19.1. The number of benzene rings is 2. The Morgan fingerprint density at radius 3 is 2.38 bits per heavy atom. The molecule has 7 heteroatoms. The number of nitrogens with zero attached hydrogens (tertiary/aromatic N) is 4. The van der Waals surface area contributed by atoms with Gasteiger partial charge in [-0.1, -0.05) is 30.3 Å². The molecule has 0 atom stereocenters. The molecule has 0 fully saturated rings. The third-order valence-electron chi connectivity index (χ3n) is 5.80. The number of amides is 2. The zero-order valence-corrected chi connectivity index (χ0v) is 19.3. The lowest BCUT2D eigenvalue weighted by molar-refractivity contribution is -0.142. The summed E-state index contributed by atoms with van der Waals surface area (Å²) in [5.74, 6) is -1.44. The van der Waals surface area contributed by atoms with Crippen molar-refractivity contribution in [2.45, 2.75) is 33.7 Å². The molecule has 0 saturated heterocycles. The van der Waals surface area contributed by atoms with Crippen molar-refractivity contribution < 1.29 is 14.0 Å². The molecule has 170 valence electrons. The van der Waals surface area contributed by atoms with Crippen LogP contribution in [0.15, 0.2) is 71.4 Å². The maximum absolute atomic E-state index is 14.4. The minimum Gasteiger partial charge on any atom is -0.271 e. The number of hydrogen-bond donors (Lipinski definition) is 0. The van der Waals surface area contributed by atoms with Gasteiger partial charge in [-0.2, -0.15) is 10.4 Å². The van der Waals surface area contributed by atoms with E-state index >= 15 is 0 Å². The van der Waals surface area contributed by atoms with Crippen LogP contribution in [0, 0.1) is 24.1 Å². The summed E-state index contributed by atoms with van der Waals surface area (Å²) in [4.78, 5) is 27.1. The monoisotopic (exact) mass is 454 g/mol. The molecule has 1 aliphatic heterocycles. The minimum absolute atomic E-state index is 0.0714. The molecule has 0 bridgehead atoms. The van der Waals surface area contributed by atoms with Crippen molar-refractivity contribution in [1.82, 2.24) is 14.7 Å². The van der Waals surface area contributed by atoms with E-state index in [9.17, 15) is 19.2 Å². The van der Waals surface area contributed by atoms with Crippen LogP contribution in [0.1, 0.15) is 31.9 Å². The molecule has 0 aliphatic carbocycles. The van der Waals surface area contributed by atoms with Crippen LogP contribution in [-0.2, 0) is 9.59 Å². The zero-order chi connectivity index (χ0) is 24.6. The van der Waals surface area contributed by atoms with Gasteiger partial charge in [0.2, 0.25) is 0 Å². The topological polar surface area (TPSA) is 79.0 Å². The van der Waals surface area contributed by atoms with Gasteiger partial charge < -0.3 is 0 Å². The van der Waals surface area contributed by atoms with Crippen molar-refractivity contribution in [1.29, 1.82) is 5.26 Å². The largest absolute Gasteiger partial charge is 0.271 e. The summed E-state index contributed by atoms with van der Waals surface area (Å²) < 4.78 is 16.1. The Hall–Kier alpha value is -4.31. The number of carbonyl (C=O) groups is 2. The standard InChI is InChI=1S/C27H23FN4O2/c1-16(2)32-26(33)22(18(4)23(14-29)27(32)34)12-20-15-31(21-8-6-5-7-9-21)30-25(20)19-11-10-17(3)24(28)13-19/h5-13,15-16H,1-4H3/b22-12+. The number of rotatable bonds is 4. The van der Waals surface area contributed by atoms with Gasteiger partial charge >= 0.3 is 0 Å². The Labute approximate surface area is 197 Å². The van der Waals surface area contributed by atoms with Crippen LogP contribution in [0.5, 0.6) is 0 Å². The summed E-state index contributed by atoms with van der Waals surface area (Å²) in [6.07, 6.45) is 3.37. The summed E-state index contributed by atoms with van der Waals surface area (Å²) in [5.41, 5.74) is 3.35. The van der Waals surface area contributed by atoms with Gasteiger partial charge in [-0.25, -0.2) is 9.07 Å². The number of halogens is 1. The highest BCUT2D eigenvalue weighted by molar-refractivity contribution is 6.20. The van der Waals surface area contributed by atoms with Crippen molar-refractivity contribution in [2.75, 3.05) is 0 Å². The number of imide groups is 1. The average molecular weight is 455 g/mol. The van der Waals surface area contributed by atoms with Crippen molar-refractivity contribution in [2.24, 2.45) is 0 Å². The van der Waals surface area contributed by atoms with E-state index in [0.29, 0.717) is 28.0 Å². The van der Waals surface area contributed by atoms with Crippen LogP contribution in [-0.4, -0.2) is 32.5 Å². The Bertz CT molecular complexity index is 1410. The molecule has 0 saturated carbocycles. The maximum atomic E-state index is 14.4. The van der Waals surface area contributed by atoms with Crippen molar-refractivity contribution in [3.8, 4) is 23.0 Å². The molecular weight excluding hydrogens is 431 g/mol. The minimum atomic E-state index is -0.599. The van der Waals surface area contributed by atoms with Gasteiger partial charge in [0, 0.05) is 28.9 Å². The number of nitriles is 1. The molecule has 0 spiro atoms. The lowest BCUT2D eigenvalue weighted by atomic mass is 9.92. The van der Waals surface area contributed by atoms with Gasteiger partial charge in [-0.15, -0.1) is 0 Å². The van der Waals surface area contributed by atoms with E-state index < -0.39 is 17.9 Å². The quantitative estimate of drug-likeness (QED) is 0.411. The summed E-state index contributed by atoms with van der Waals surface area (Å²) >= 11 is 0. The normalized spacial score (nSPS) is 15.4. The molecule has 34 heavy (non-hydrogen) atoms. The van der Waals surface area contributed by atoms with Gasteiger partial charge in [0.1, 0.15) is 23.2 Å². The maximum Gasteiger partial charge on any atom is 0.271 e. The Morgan fingerprint density at radius 2 is 1.76 bits per heavy atom. The first-order valence-corrected chi connectivity index (χ1v) is 10.9. The lowest BCUT2D eigenvalue weighted by Gasteiger charge is -2.30. The van der Waals surface area contributed by atoms with E-state index in [1.54, 1.807) is 56.8 Å². The molecule has 6 nitrogen and oxygen atoms in total. The highest BCUT2D eigenvalue weighted by Gasteiger charge is 2.37. The molecule has 0 unspecified atom stereocenters. The van der Waals surface area contributed by atoms with Gasteiger partial charge in [0.05, 0.1) is 5.69 Å². The first kappa shape index (κ1) is 22.9. The van der Waals surface area contributed by atoms with Gasteiger partial charge in [0.25, 0.3) is 11.8 Å². The molecule has 0 N–H and O–H groups in total. The van der Waals surface area contributed by atoms with Gasteiger partial charge in [0.15, 0.2) is 0 Å². The predicted molar refractivity (Wildman–Crippen MR) is 127 cm³/mol. The number of aryl methyl sites for hydroxylation is 1. The first-order chi connectivity index (χ1) is 16.2. The van der Waals surface area contributed by atoms with Crippen LogP contribution in [0.25, 0.3) is 23.0 Å². The second kappa shape index (κ2) is 8.91. The molecule has 4 rings (SSSR count). The molecule has 3 aromatic rings. The molecule has 0 radical (unpaired) electrons. The van der Waals surface area contributed by atoms with Gasteiger partial charge in [-0.05, 0) is 63.1 Å². The van der Waals surface area contributed by atoms with Crippen LogP contribution in [0.3, 0.4) is 0 Å². The van der Waals surface area contributed by atoms with E-state index in [1.807, 2.05) is 36.4 Å². The van der Waals surface area contributed by atoms with E-state index in [-0.39, 0.29) is 17.0 Å². The van der Waals surface area contributed by atoms with Crippen LogP contribution in [0.2, 0.25) is 0 Å². The van der Waals surface area contributed by atoms with Crippen molar-refractivity contribution in [3.05, 3.63) is 88.4 Å². The summed E-state index contributed by atoms with van der Waals surface area (Å²) in [6.45, 7) is 6.71. The van der Waals surface area contributed by atoms with E-state index in [1.165, 1.54) is 6.07 Å². The summed E-state index contributed by atoms with van der Waals surface area (Å²) in [7, 11) is 0. The highest BCUT2D eigenvalue weighted by Crippen LogP contribution is 2.32. The number of hydrogen-bond acceptors (Lipinski definition) is 4. The SMILES string of the molecule is CC1=C(C#N)C(=O)N(C(C)C)C(=O)/C1=C/c1cn(-c2ccccc2)nc1-c1ccc(C)c(F)c1. The second-order valence-corrected chi connectivity index (χ2v) is 8.42. The van der Waals surface area contributed by atoms with E-state index in [0.717, 1.165) is 10.6 Å². The second-order valence-electron chi connectivity index (χ2n) is 8.42. The Morgan fingerprint density at radius 1 is 1.06 bits per heavy atom. The fourth-order valence-electron chi connectivity index (χ4n) is 3.89. The van der Waals surface area contributed by atoms with E-state index in [2.05, 4.69) is 5.10 Å². The Balaban J connectivity index is 1.96. The van der Waals surface area contributed by atoms with Crippen molar-refractivity contribution >= 4 is 17.9 Å². The van der Waals surface area contributed by atoms with E-state index in [4.69, 9.17) is 0 Å². The first-order valence-electron chi connectivity index (χ1n) is 10.9. The number of carbonyl (C=O) groups excluding carboxylic acids is 2. The fraction of sp³-hybridized carbons (Fsp3) is 0.185. The molecule has 1 aliphatic rings. The third kappa shape index (κ3) is 3.95. The molecule has 1 aromatic heterocycles. The molecular formula is C27H23FN4O2. The van der Waals surface area contributed by atoms with Crippen molar-refractivity contribution in [3.63, 3.8) is 0 Å². The number of aromatic nitrogens is 2. The smallest absolute Gasteiger partial charge is 0.271 e. The summed E-state index contributed by atoms with van der Waals surface area (Å²) in [5, 5.41) is 14.3. The zero-order valence-electron chi connectivity index (χ0n) is 19.3. The predicted octanol–water partition coefficient (Wildman–Crippen LogP) is 4.99. The molecule has 2 amide bonds. The molecule has 2 heterocycles. The average Bonchev–Trinajstić information content (AvgIpc) is 3.23. The fourth-order valence-corrected chi connectivity index (χ4v) is 3.89. The number of para-hydroxylation sites is 1. The Kier molecular flexibility index (Phi) is 5.99. The van der Waals surface area contributed by atoms with Crippen LogP contribution in [0.4, 0.5) is 4.39 Å². The third-order valence-corrected chi connectivity index (χ3v) is 5.80. The lowest BCUT2D eigenvalue weighted by Crippen LogP contribution is -2.46. The van der Waals surface area contributed by atoms with Crippen LogP contribution >= 0.6 is 0 Å². The van der Waals surface area contributed by atoms with Crippen LogP contribution < -0.4 is 0 Å². The molecule has 2 aromatic carbocycles.